The van der Waals surface area contributed by atoms with Gasteiger partial charge in [-0.25, -0.2) is 0 Å². The summed E-state index contributed by atoms with van der Waals surface area (Å²) in [5.74, 6) is 1.59. The number of benzene rings is 2. The summed E-state index contributed by atoms with van der Waals surface area (Å²) in [6.07, 6.45) is 1.09. The van der Waals surface area contributed by atoms with Crippen LogP contribution in [0.15, 0.2) is 36.4 Å². The van der Waals surface area contributed by atoms with Gasteiger partial charge in [0.1, 0.15) is 17.1 Å². The molecule has 4 nitrogen and oxygen atoms in total. The predicted octanol–water partition coefficient (Wildman–Crippen LogP) is 4.27. The van der Waals surface area contributed by atoms with E-state index >= 15 is 0 Å². The maximum absolute atomic E-state index is 12.7. The zero-order chi connectivity index (χ0) is 18.9. The van der Waals surface area contributed by atoms with Gasteiger partial charge < -0.3 is 14.8 Å². The molecule has 0 aliphatic carbocycles. The topological polar surface area (TPSA) is 47.6 Å². The standard InChI is InChI=1S/C22H27NO3/c1-14-6-7-15(2)16(10-14)11-21(24)23-19-13-22(3,4)26-20-9-8-17(25-5)12-18(19)20/h6-10,12,19H,11,13H2,1-5H3,(H,23,24)/t19-/m0/s1. The Balaban J connectivity index is 1.82. The lowest BCUT2D eigenvalue weighted by Crippen LogP contribution is -2.41. The first kappa shape index (κ1) is 18.3. The van der Waals surface area contributed by atoms with Gasteiger partial charge in [-0.05, 0) is 57.0 Å². The lowest BCUT2D eigenvalue weighted by molar-refractivity contribution is -0.121. The molecule has 3 rings (SSSR count). The molecule has 1 amide bonds. The molecule has 1 heterocycles. The largest absolute Gasteiger partial charge is 0.497 e. The molecule has 138 valence electrons. The summed E-state index contributed by atoms with van der Waals surface area (Å²) >= 11 is 0. The summed E-state index contributed by atoms with van der Waals surface area (Å²) in [6.45, 7) is 8.18. The van der Waals surface area contributed by atoms with Crippen molar-refractivity contribution in [3.05, 3.63) is 58.7 Å². The fraction of sp³-hybridized carbons (Fsp3) is 0.409. The summed E-state index contributed by atoms with van der Waals surface area (Å²) in [5, 5.41) is 3.20. The van der Waals surface area contributed by atoms with Crippen LogP contribution in [0.2, 0.25) is 0 Å². The Bertz CT molecular complexity index is 826. The Morgan fingerprint density at radius 1 is 1.23 bits per heavy atom. The number of fused-ring (bicyclic) bond motifs is 1. The van der Waals surface area contributed by atoms with E-state index in [4.69, 9.17) is 9.47 Å². The van der Waals surface area contributed by atoms with Gasteiger partial charge in [0.2, 0.25) is 5.91 Å². The number of rotatable bonds is 4. The molecule has 0 spiro atoms. The first-order valence-electron chi connectivity index (χ1n) is 9.00. The minimum absolute atomic E-state index is 0.0233. The smallest absolute Gasteiger partial charge is 0.224 e. The fourth-order valence-electron chi connectivity index (χ4n) is 3.50. The highest BCUT2D eigenvalue weighted by Gasteiger charge is 2.34. The molecule has 0 saturated heterocycles. The predicted molar refractivity (Wildman–Crippen MR) is 103 cm³/mol. The summed E-state index contributed by atoms with van der Waals surface area (Å²) in [5.41, 5.74) is 4.01. The van der Waals surface area contributed by atoms with E-state index in [0.29, 0.717) is 12.8 Å². The van der Waals surface area contributed by atoms with E-state index in [2.05, 4.69) is 23.5 Å². The maximum Gasteiger partial charge on any atom is 0.224 e. The number of hydrogen-bond acceptors (Lipinski definition) is 3. The van der Waals surface area contributed by atoms with Gasteiger partial charge in [-0.3, -0.25) is 4.79 Å². The Kier molecular flexibility index (Phi) is 4.94. The number of ether oxygens (including phenoxy) is 2. The van der Waals surface area contributed by atoms with Crippen molar-refractivity contribution in [2.75, 3.05) is 7.11 Å². The third kappa shape index (κ3) is 4.01. The third-order valence-corrected chi connectivity index (χ3v) is 4.87. The average Bonchev–Trinajstić information content (AvgIpc) is 2.57. The minimum atomic E-state index is -0.335. The summed E-state index contributed by atoms with van der Waals surface area (Å²) < 4.78 is 11.4. The molecule has 0 aromatic heterocycles. The highest BCUT2D eigenvalue weighted by atomic mass is 16.5. The van der Waals surface area contributed by atoms with Gasteiger partial charge in [0.25, 0.3) is 0 Å². The monoisotopic (exact) mass is 353 g/mol. The van der Waals surface area contributed by atoms with Crippen LogP contribution in [0.3, 0.4) is 0 Å². The van der Waals surface area contributed by atoms with Crippen LogP contribution in [-0.2, 0) is 11.2 Å². The van der Waals surface area contributed by atoms with Crippen molar-refractivity contribution in [2.45, 2.75) is 52.2 Å². The first-order chi connectivity index (χ1) is 12.3. The second-order valence-electron chi connectivity index (χ2n) is 7.70. The number of methoxy groups -OCH3 is 1. The molecule has 1 atom stereocenters. The molecule has 1 aliphatic rings. The summed E-state index contributed by atoms with van der Waals surface area (Å²) in [7, 11) is 1.64. The lowest BCUT2D eigenvalue weighted by atomic mass is 9.89. The average molecular weight is 353 g/mol. The zero-order valence-electron chi connectivity index (χ0n) is 16.2. The first-order valence-corrected chi connectivity index (χ1v) is 9.00. The maximum atomic E-state index is 12.7. The Morgan fingerprint density at radius 3 is 2.73 bits per heavy atom. The van der Waals surface area contributed by atoms with Gasteiger partial charge in [0.15, 0.2) is 0 Å². The van der Waals surface area contributed by atoms with Crippen molar-refractivity contribution in [1.82, 2.24) is 5.32 Å². The van der Waals surface area contributed by atoms with Crippen molar-refractivity contribution in [1.29, 1.82) is 0 Å². The molecular formula is C22H27NO3. The van der Waals surface area contributed by atoms with Gasteiger partial charge in [-0.2, -0.15) is 0 Å². The molecule has 0 fully saturated rings. The van der Waals surface area contributed by atoms with E-state index in [1.807, 2.05) is 45.9 Å². The molecule has 0 radical (unpaired) electrons. The van der Waals surface area contributed by atoms with E-state index in [1.165, 1.54) is 5.56 Å². The zero-order valence-corrected chi connectivity index (χ0v) is 16.2. The third-order valence-electron chi connectivity index (χ3n) is 4.87. The van der Waals surface area contributed by atoms with Crippen LogP contribution in [0.25, 0.3) is 0 Å². The number of hydrogen-bond donors (Lipinski definition) is 1. The number of aryl methyl sites for hydroxylation is 2. The van der Waals surface area contributed by atoms with E-state index in [0.717, 1.165) is 28.2 Å². The second kappa shape index (κ2) is 7.02. The second-order valence-corrected chi connectivity index (χ2v) is 7.70. The molecule has 0 saturated carbocycles. The number of amides is 1. The summed E-state index contributed by atoms with van der Waals surface area (Å²) in [4.78, 5) is 12.7. The Morgan fingerprint density at radius 2 is 2.00 bits per heavy atom. The fourth-order valence-corrected chi connectivity index (χ4v) is 3.50. The number of carbonyl (C=O) groups excluding carboxylic acids is 1. The minimum Gasteiger partial charge on any atom is -0.497 e. The van der Waals surface area contributed by atoms with E-state index < -0.39 is 0 Å². The van der Waals surface area contributed by atoms with Crippen LogP contribution in [0.5, 0.6) is 11.5 Å². The van der Waals surface area contributed by atoms with Crippen molar-refractivity contribution in [3.8, 4) is 11.5 Å². The van der Waals surface area contributed by atoms with Gasteiger partial charge in [-0.1, -0.05) is 23.8 Å². The lowest BCUT2D eigenvalue weighted by Gasteiger charge is -2.38. The molecule has 0 unspecified atom stereocenters. The highest BCUT2D eigenvalue weighted by molar-refractivity contribution is 5.79. The van der Waals surface area contributed by atoms with Crippen LogP contribution in [0.4, 0.5) is 0 Å². The molecule has 2 aromatic rings. The van der Waals surface area contributed by atoms with Crippen molar-refractivity contribution >= 4 is 5.91 Å². The van der Waals surface area contributed by atoms with Gasteiger partial charge in [-0.15, -0.1) is 0 Å². The van der Waals surface area contributed by atoms with Crippen molar-refractivity contribution < 1.29 is 14.3 Å². The summed E-state index contributed by atoms with van der Waals surface area (Å²) in [6, 6.07) is 11.9. The van der Waals surface area contributed by atoms with E-state index in [-0.39, 0.29) is 17.6 Å². The van der Waals surface area contributed by atoms with Crippen molar-refractivity contribution in [3.63, 3.8) is 0 Å². The van der Waals surface area contributed by atoms with Crippen molar-refractivity contribution in [2.24, 2.45) is 0 Å². The quantitative estimate of drug-likeness (QED) is 0.893. The number of nitrogens with one attached hydrogen (secondary N) is 1. The van der Waals surface area contributed by atoms with E-state index in [1.54, 1.807) is 7.11 Å². The Hall–Kier alpha value is -2.49. The molecule has 1 aliphatic heterocycles. The van der Waals surface area contributed by atoms with Crippen LogP contribution in [0.1, 0.15) is 48.6 Å². The normalized spacial score (nSPS) is 17.8. The Labute approximate surface area is 155 Å². The van der Waals surface area contributed by atoms with Gasteiger partial charge in [0, 0.05) is 12.0 Å². The SMILES string of the molecule is COc1ccc2c(c1)[C@@H](NC(=O)Cc1cc(C)ccc1C)CC(C)(C)O2. The molecule has 26 heavy (non-hydrogen) atoms. The van der Waals surface area contributed by atoms with Gasteiger partial charge in [0.05, 0.1) is 19.6 Å². The highest BCUT2D eigenvalue weighted by Crippen LogP contribution is 2.41. The van der Waals surface area contributed by atoms with Crippen LogP contribution >= 0.6 is 0 Å². The molecule has 4 heteroatoms. The van der Waals surface area contributed by atoms with E-state index in [9.17, 15) is 4.79 Å². The van der Waals surface area contributed by atoms with Gasteiger partial charge >= 0.3 is 0 Å². The molecular weight excluding hydrogens is 326 g/mol. The number of carbonyl (C=O) groups is 1. The molecule has 2 aromatic carbocycles. The van der Waals surface area contributed by atoms with Crippen LogP contribution in [-0.4, -0.2) is 18.6 Å². The molecule has 0 bridgehead atoms. The van der Waals surface area contributed by atoms with Crippen LogP contribution < -0.4 is 14.8 Å². The van der Waals surface area contributed by atoms with Crippen LogP contribution in [0, 0.1) is 13.8 Å². The molecule has 1 N–H and O–H groups in total.